The second kappa shape index (κ2) is 8.28. The van der Waals surface area contributed by atoms with Gasteiger partial charge >= 0.3 is 0 Å². The Hall–Kier alpha value is -3.45. The quantitative estimate of drug-likeness (QED) is 0.369. The van der Waals surface area contributed by atoms with E-state index < -0.39 is 0 Å². The summed E-state index contributed by atoms with van der Waals surface area (Å²) in [7, 11) is 1.54. The molecular weight excluding hydrogens is 384 g/mol. The fraction of sp³-hybridized carbons (Fsp3) is 0.0909. The number of hydrogen-bond acceptors (Lipinski definition) is 7. The molecule has 4 aromatic rings. The minimum atomic E-state index is 0.112. The number of aromatic nitrogens is 2. The fourth-order valence-electron chi connectivity index (χ4n) is 3.11. The van der Waals surface area contributed by atoms with E-state index in [1.807, 2.05) is 60.9 Å². The highest BCUT2D eigenvalue weighted by atomic mass is 32.2. The highest BCUT2D eigenvalue weighted by Crippen LogP contribution is 2.34. The minimum absolute atomic E-state index is 0.112. The van der Waals surface area contributed by atoms with E-state index >= 15 is 0 Å². The summed E-state index contributed by atoms with van der Waals surface area (Å²) in [5.41, 5.74) is 4.70. The Morgan fingerprint density at radius 2 is 1.72 bits per heavy atom. The van der Waals surface area contributed by atoms with E-state index in [9.17, 15) is 5.11 Å². The Kier molecular flexibility index (Phi) is 5.39. The maximum atomic E-state index is 9.86. The molecule has 0 saturated carbocycles. The maximum Gasteiger partial charge on any atom is 0.161 e. The first-order valence-corrected chi connectivity index (χ1v) is 10.2. The zero-order valence-electron chi connectivity index (χ0n) is 16.0. The predicted molar refractivity (Wildman–Crippen MR) is 120 cm³/mol. The molecule has 3 aromatic carbocycles. The first-order chi connectivity index (χ1) is 14.2. The van der Waals surface area contributed by atoms with Crippen LogP contribution in [0.2, 0.25) is 0 Å². The van der Waals surface area contributed by atoms with Crippen LogP contribution in [0.3, 0.4) is 0 Å². The lowest BCUT2D eigenvalue weighted by molar-refractivity contribution is 0.373. The van der Waals surface area contributed by atoms with Crippen LogP contribution in [-0.4, -0.2) is 28.4 Å². The van der Waals surface area contributed by atoms with Crippen LogP contribution in [0.5, 0.6) is 11.5 Å². The van der Waals surface area contributed by atoms with Gasteiger partial charge in [-0.3, -0.25) is 0 Å². The second-order valence-electron chi connectivity index (χ2n) is 6.35. The summed E-state index contributed by atoms with van der Waals surface area (Å²) in [5.74, 6) is 1.27. The molecule has 0 aliphatic heterocycles. The molecule has 0 saturated heterocycles. The van der Waals surface area contributed by atoms with E-state index in [1.54, 1.807) is 24.3 Å². The molecule has 0 bridgehead atoms. The summed E-state index contributed by atoms with van der Waals surface area (Å²) in [6.07, 6.45) is 3.54. The van der Waals surface area contributed by atoms with Crippen LogP contribution < -0.4 is 14.8 Å². The van der Waals surface area contributed by atoms with Gasteiger partial charge in [-0.05, 0) is 53.6 Å². The molecule has 1 aromatic heterocycles. The number of fused-ring (bicyclic) bond motifs is 1. The monoisotopic (exact) mass is 404 g/mol. The van der Waals surface area contributed by atoms with E-state index in [0.29, 0.717) is 5.75 Å². The Bertz CT molecular complexity index is 1170. The predicted octanol–water partition coefficient (Wildman–Crippen LogP) is 5.44. The van der Waals surface area contributed by atoms with Gasteiger partial charge in [-0.1, -0.05) is 30.1 Å². The van der Waals surface area contributed by atoms with Crippen LogP contribution in [-0.2, 0) is 0 Å². The molecule has 29 heavy (non-hydrogen) atoms. The van der Waals surface area contributed by atoms with Crippen molar-refractivity contribution >= 4 is 40.0 Å². The van der Waals surface area contributed by atoms with Crippen molar-refractivity contribution in [3.05, 3.63) is 67.0 Å². The number of nitrogens with zero attached hydrogens (tertiary/aromatic N) is 2. The third kappa shape index (κ3) is 4.05. The summed E-state index contributed by atoms with van der Waals surface area (Å²) in [5, 5.41) is 14.2. The number of ether oxygens (including phenoxy) is 1. The Balaban J connectivity index is 1.74. The van der Waals surface area contributed by atoms with Gasteiger partial charge in [0.2, 0.25) is 0 Å². The van der Waals surface area contributed by atoms with Crippen LogP contribution in [0.25, 0.3) is 22.0 Å². The van der Waals surface area contributed by atoms with Gasteiger partial charge in [0.05, 0.1) is 12.6 Å². The molecule has 146 valence electrons. The number of phenols is 1. The van der Waals surface area contributed by atoms with Crippen molar-refractivity contribution in [1.29, 1.82) is 0 Å². The number of phenolic OH excluding ortho intramolecular Hbond substituents is 1. The molecule has 1 heterocycles. The van der Waals surface area contributed by atoms with Gasteiger partial charge < -0.3 is 19.9 Å². The van der Waals surface area contributed by atoms with Crippen LogP contribution in [0.1, 0.15) is 0 Å². The van der Waals surface area contributed by atoms with Crippen LogP contribution >= 0.6 is 11.9 Å². The van der Waals surface area contributed by atoms with Crippen molar-refractivity contribution in [2.75, 3.05) is 23.4 Å². The molecule has 0 aliphatic rings. The normalized spacial score (nSPS) is 10.7. The number of benzene rings is 3. The number of aromatic hydroxyl groups is 1. The van der Waals surface area contributed by atoms with Crippen molar-refractivity contribution < 1.29 is 9.84 Å². The molecule has 0 unspecified atom stereocenters. The lowest BCUT2D eigenvalue weighted by Crippen LogP contribution is -1.97. The molecule has 4 rings (SSSR count). The maximum absolute atomic E-state index is 9.86. The third-order valence-corrected chi connectivity index (χ3v) is 4.93. The minimum Gasteiger partial charge on any atom is -0.504 e. The van der Waals surface area contributed by atoms with Crippen molar-refractivity contribution in [2.45, 2.75) is 0 Å². The average molecular weight is 404 g/mol. The molecule has 0 aliphatic carbocycles. The van der Waals surface area contributed by atoms with Gasteiger partial charge in [0, 0.05) is 23.0 Å². The summed E-state index contributed by atoms with van der Waals surface area (Å²) in [6, 6.07) is 19.3. The van der Waals surface area contributed by atoms with E-state index in [4.69, 9.17) is 4.74 Å². The number of methoxy groups -OCH3 is 1. The van der Waals surface area contributed by atoms with E-state index in [2.05, 4.69) is 20.0 Å². The zero-order chi connectivity index (χ0) is 20.2. The first-order valence-electron chi connectivity index (χ1n) is 8.96. The lowest BCUT2D eigenvalue weighted by atomic mass is 10.0. The number of rotatable bonds is 6. The largest absolute Gasteiger partial charge is 0.504 e. The average Bonchev–Trinajstić information content (AvgIpc) is 2.75. The molecule has 7 heteroatoms. The standard InChI is InChI=1S/C22H20N4O2S/c1-28-21-11-15(7-9-20(21)27)14-6-8-19-18(10-14)22(24-13-23-19)25-16-4-3-5-17(12-16)26-29-2/h3-13,26-27H,1-2H3,(H,23,24,25). The van der Waals surface area contributed by atoms with E-state index in [1.165, 1.54) is 7.11 Å². The van der Waals surface area contributed by atoms with Crippen LogP contribution in [0, 0.1) is 0 Å². The molecule has 3 N–H and O–H groups in total. The number of anilines is 3. The van der Waals surface area contributed by atoms with Gasteiger partial charge in [-0.25, -0.2) is 9.97 Å². The highest BCUT2D eigenvalue weighted by Gasteiger charge is 2.09. The van der Waals surface area contributed by atoms with Gasteiger partial charge in [0.25, 0.3) is 0 Å². The van der Waals surface area contributed by atoms with Crippen molar-refractivity contribution in [3.63, 3.8) is 0 Å². The summed E-state index contributed by atoms with van der Waals surface area (Å²) < 4.78 is 8.46. The Morgan fingerprint density at radius 1 is 0.931 bits per heavy atom. The molecule has 0 amide bonds. The van der Waals surface area contributed by atoms with Gasteiger partial charge in [-0.2, -0.15) is 0 Å². The highest BCUT2D eigenvalue weighted by molar-refractivity contribution is 7.99. The third-order valence-electron chi connectivity index (χ3n) is 4.49. The number of nitrogens with one attached hydrogen (secondary N) is 2. The van der Waals surface area contributed by atoms with Crippen molar-refractivity contribution in [2.24, 2.45) is 0 Å². The van der Waals surface area contributed by atoms with Gasteiger partial charge in [-0.15, -0.1) is 0 Å². The van der Waals surface area contributed by atoms with Crippen LogP contribution in [0.15, 0.2) is 67.0 Å². The molecule has 0 spiro atoms. The zero-order valence-corrected chi connectivity index (χ0v) is 16.8. The summed E-state index contributed by atoms with van der Waals surface area (Å²) in [4.78, 5) is 8.83. The summed E-state index contributed by atoms with van der Waals surface area (Å²) in [6.45, 7) is 0. The summed E-state index contributed by atoms with van der Waals surface area (Å²) >= 11 is 1.54. The lowest BCUT2D eigenvalue weighted by Gasteiger charge is -2.12. The smallest absolute Gasteiger partial charge is 0.161 e. The first kappa shape index (κ1) is 18.9. The van der Waals surface area contributed by atoms with E-state index in [0.717, 1.165) is 39.2 Å². The fourth-order valence-corrected chi connectivity index (χ4v) is 3.47. The molecule has 0 atom stereocenters. The topological polar surface area (TPSA) is 79.3 Å². The number of hydrogen-bond donors (Lipinski definition) is 3. The Morgan fingerprint density at radius 3 is 2.55 bits per heavy atom. The molecule has 0 fully saturated rings. The SMILES string of the molecule is COc1cc(-c2ccc3ncnc(Nc4cccc(NSC)c4)c3c2)ccc1O. The second-order valence-corrected chi connectivity index (χ2v) is 6.97. The van der Waals surface area contributed by atoms with Gasteiger partial charge in [0.15, 0.2) is 11.5 Å². The van der Waals surface area contributed by atoms with Crippen molar-refractivity contribution in [1.82, 2.24) is 9.97 Å². The molecule has 0 radical (unpaired) electrons. The van der Waals surface area contributed by atoms with E-state index in [-0.39, 0.29) is 5.75 Å². The Labute approximate surface area is 173 Å². The van der Waals surface area contributed by atoms with Gasteiger partial charge in [0.1, 0.15) is 12.1 Å². The van der Waals surface area contributed by atoms with Crippen LogP contribution in [0.4, 0.5) is 17.2 Å². The van der Waals surface area contributed by atoms with Crippen molar-refractivity contribution in [3.8, 4) is 22.6 Å². The molecule has 6 nitrogen and oxygen atoms in total. The molecular formula is C22H20N4O2S.